The second-order valence-corrected chi connectivity index (χ2v) is 9.16. The average Bonchev–Trinajstić information content (AvgIpc) is 2.74. The Kier molecular flexibility index (Phi) is 6.19. The maximum atomic E-state index is 12.4. The highest BCUT2D eigenvalue weighted by Crippen LogP contribution is 2.21. The third-order valence-electron chi connectivity index (χ3n) is 4.23. The molecule has 0 saturated heterocycles. The van der Waals surface area contributed by atoms with E-state index in [2.05, 4.69) is 15.5 Å². The smallest absolute Gasteiger partial charge is 0.255 e. The Morgan fingerprint density at radius 2 is 1.34 bits per heavy atom. The highest BCUT2D eigenvalue weighted by molar-refractivity contribution is 7.92. The molecule has 0 fully saturated rings. The molecule has 0 unspecified atom stereocenters. The maximum absolute atomic E-state index is 12.4. The van der Waals surface area contributed by atoms with Crippen LogP contribution < -0.4 is 5.32 Å². The molecule has 0 atom stereocenters. The van der Waals surface area contributed by atoms with Crippen LogP contribution in [0.5, 0.6) is 0 Å². The molecule has 0 spiro atoms. The summed E-state index contributed by atoms with van der Waals surface area (Å²) >= 11 is 0. The van der Waals surface area contributed by atoms with Crippen LogP contribution in [0.4, 0.5) is 17.1 Å². The summed E-state index contributed by atoms with van der Waals surface area (Å²) in [7, 11) is -3.36. The molecule has 148 valence electrons. The molecular weight excluding hydrogens is 386 g/mol. The van der Waals surface area contributed by atoms with Gasteiger partial charge in [-0.25, -0.2) is 8.42 Å². The van der Waals surface area contributed by atoms with Crippen molar-refractivity contribution in [2.75, 3.05) is 5.32 Å². The van der Waals surface area contributed by atoms with Gasteiger partial charge in [-0.15, -0.1) is 0 Å². The van der Waals surface area contributed by atoms with Gasteiger partial charge in [0, 0.05) is 11.3 Å². The van der Waals surface area contributed by atoms with Crippen molar-refractivity contribution in [2.45, 2.75) is 24.0 Å². The molecule has 0 aliphatic carbocycles. The molecule has 0 aromatic heterocycles. The largest absolute Gasteiger partial charge is 0.322 e. The topological polar surface area (TPSA) is 88.0 Å². The van der Waals surface area contributed by atoms with E-state index in [1.807, 2.05) is 30.3 Å². The van der Waals surface area contributed by atoms with Crippen molar-refractivity contribution in [3.8, 4) is 0 Å². The number of carbonyl (C=O) groups excluding carboxylic acids is 1. The average molecular weight is 407 g/mol. The van der Waals surface area contributed by atoms with Crippen LogP contribution in [-0.2, 0) is 9.84 Å². The van der Waals surface area contributed by atoms with Gasteiger partial charge in [0.05, 0.1) is 21.5 Å². The van der Waals surface area contributed by atoms with Crippen molar-refractivity contribution in [3.63, 3.8) is 0 Å². The van der Waals surface area contributed by atoms with Crippen molar-refractivity contribution in [3.05, 3.63) is 84.4 Å². The third-order valence-corrected chi connectivity index (χ3v) is 6.40. The molecule has 3 rings (SSSR count). The van der Waals surface area contributed by atoms with Crippen LogP contribution in [-0.4, -0.2) is 19.6 Å². The number of hydrogen-bond donors (Lipinski definition) is 1. The van der Waals surface area contributed by atoms with Crippen molar-refractivity contribution in [2.24, 2.45) is 10.2 Å². The Bertz CT molecular complexity index is 1110. The molecular formula is C22H21N3O3S. The molecule has 3 aromatic rings. The molecule has 29 heavy (non-hydrogen) atoms. The van der Waals surface area contributed by atoms with Crippen molar-refractivity contribution in [1.82, 2.24) is 0 Å². The van der Waals surface area contributed by atoms with Gasteiger partial charge in [-0.2, -0.15) is 10.2 Å². The number of nitrogens with zero attached hydrogens (tertiary/aromatic N) is 2. The Morgan fingerprint density at radius 3 is 1.90 bits per heavy atom. The minimum Gasteiger partial charge on any atom is -0.322 e. The van der Waals surface area contributed by atoms with E-state index in [1.165, 1.54) is 24.3 Å². The maximum Gasteiger partial charge on any atom is 0.255 e. The molecule has 1 N–H and O–H groups in total. The lowest BCUT2D eigenvalue weighted by molar-refractivity contribution is 0.102. The number of azo groups is 1. The van der Waals surface area contributed by atoms with Crippen molar-refractivity contribution >= 4 is 32.8 Å². The van der Waals surface area contributed by atoms with Gasteiger partial charge in [0.1, 0.15) is 0 Å². The summed E-state index contributed by atoms with van der Waals surface area (Å²) in [5, 5.41) is 10.6. The van der Waals surface area contributed by atoms with E-state index in [-0.39, 0.29) is 10.8 Å². The molecule has 6 nitrogen and oxygen atoms in total. The summed E-state index contributed by atoms with van der Waals surface area (Å²) in [5.74, 6) is -0.322. The van der Waals surface area contributed by atoms with E-state index in [4.69, 9.17) is 0 Å². The van der Waals surface area contributed by atoms with Gasteiger partial charge in [0.2, 0.25) is 0 Å². The first-order chi connectivity index (χ1) is 13.9. The first-order valence-electron chi connectivity index (χ1n) is 9.08. The summed E-state index contributed by atoms with van der Waals surface area (Å²) < 4.78 is 24.3. The molecule has 0 heterocycles. The fourth-order valence-electron chi connectivity index (χ4n) is 2.49. The van der Waals surface area contributed by atoms with Gasteiger partial charge in [-0.05, 0) is 74.5 Å². The zero-order chi connectivity index (χ0) is 20.9. The van der Waals surface area contributed by atoms with Crippen LogP contribution in [0.2, 0.25) is 0 Å². The number of rotatable bonds is 6. The van der Waals surface area contributed by atoms with Gasteiger partial charge in [0.15, 0.2) is 9.84 Å². The number of amides is 1. The van der Waals surface area contributed by atoms with Crippen LogP contribution in [0.15, 0.2) is 94.0 Å². The second kappa shape index (κ2) is 8.79. The molecule has 7 heteroatoms. The number of sulfone groups is 1. The van der Waals surface area contributed by atoms with E-state index in [1.54, 1.807) is 38.1 Å². The van der Waals surface area contributed by atoms with Crippen LogP contribution in [0, 0.1) is 0 Å². The number of anilines is 1. The Balaban J connectivity index is 1.66. The van der Waals surface area contributed by atoms with Crippen molar-refractivity contribution < 1.29 is 13.2 Å². The summed E-state index contributed by atoms with van der Waals surface area (Å²) in [4.78, 5) is 12.6. The van der Waals surface area contributed by atoms with Crippen LogP contribution in [0.1, 0.15) is 24.2 Å². The van der Waals surface area contributed by atoms with E-state index in [0.717, 1.165) is 5.69 Å². The standard InChI is InChI=1S/C22H21N3O3S/c1-16(2)29(27,28)21-14-8-17(9-15-21)22(26)23-18-10-12-20(13-11-18)25-24-19-6-4-3-5-7-19/h3-16H,1-2H3,(H,23,26). The number of nitrogens with one attached hydrogen (secondary N) is 1. The fraction of sp³-hybridized carbons (Fsp3) is 0.136. The number of benzene rings is 3. The highest BCUT2D eigenvalue weighted by atomic mass is 32.2. The Hall–Kier alpha value is -3.32. The molecule has 0 bridgehead atoms. The normalized spacial score (nSPS) is 11.7. The van der Waals surface area contributed by atoms with Gasteiger partial charge in [-0.1, -0.05) is 18.2 Å². The van der Waals surface area contributed by atoms with Crippen LogP contribution >= 0.6 is 0 Å². The van der Waals surface area contributed by atoms with Gasteiger partial charge < -0.3 is 5.32 Å². The van der Waals surface area contributed by atoms with Crippen LogP contribution in [0.25, 0.3) is 0 Å². The SMILES string of the molecule is CC(C)S(=O)(=O)c1ccc(C(=O)Nc2ccc(N=Nc3ccccc3)cc2)cc1. The monoisotopic (exact) mass is 407 g/mol. The molecule has 0 radical (unpaired) electrons. The van der Waals surface area contributed by atoms with Crippen LogP contribution in [0.3, 0.4) is 0 Å². The molecule has 0 aliphatic heterocycles. The van der Waals surface area contributed by atoms with E-state index in [9.17, 15) is 13.2 Å². The summed E-state index contributed by atoms with van der Waals surface area (Å²) in [5.41, 5.74) is 2.40. The molecule has 1 amide bonds. The highest BCUT2D eigenvalue weighted by Gasteiger charge is 2.19. The number of carbonyl (C=O) groups is 1. The first-order valence-corrected chi connectivity index (χ1v) is 10.6. The number of hydrogen-bond acceptors (Lipinski definition) is 5. The lowest BCUT2D eigenvalue weighted by Gasteiger charge is -2.09. The zero-order valence-corrected chi connectivity index (χ0v) is 16.9. The van der Waals surface area contributed by atoms with Gasteiger partial charge in [-0.3, -0.25) is 4.79 Å². The third kappa shape index (κ3) is 5.14. The molecule has 0 aliphatic rings. The summed E-state index contributed by atoms with van der Waals surface area (Å²) in [6, 6.07) is 22.3. The second-order valence-electron chi connectivity index (χ2n) is 6.65. The van der Waals surface area contributed by atoms with E-state index in [0.29, 0.717) is 16.9 Å². The summed E-state index contributed by atoms with van der Waals surface area (Å²) in [6.45, 7) is 3.25. The van der Waals surface area contributed by atoms with Gasteiger partial charge in [0.25, 0.3) is 5.91 Å². The fourth-order valence-corrected chi connectivity index (χ4v) is 3.55. The zero-order valence-electron chi connectivity index (χ0n) is 16.1. The van der Waals surface area contributed by atoms with Gasteiger partial charge >= 0.3 is 0 Å². The lowest BCUT2D eigenvalue weighted by Crippen LogP contribution is -2.15. The first kappa shape index (κ1) is 20.4. The predicted octanol–water partition coefficient (Wildman–Crippen LogP) is 5.54. The molecule has 0 saturated carbocycles. The minimum atomic E-state index is -3.36. The Labute approximate surface area is 170 Å². The molecule has 3 aromatic carbocycles. The lowest BCUT2D eigenvalue weighted by atomic mass is 10.2. The quantitative estimate of drug-likeness (QED) is 0.544. The van der Waals surface area contributed by atoms with Crippen molar-refractivity contribution in [1.29, 1.82) is 0 Å². The predicted molar refractivity (Wildman–Crippen MR) is 114 cm³/mol. The van der Waals surface area contributed by atoms with E-state index >= 15 is 0 Å². The summed E-state index contributed by atoms with van der Waals surface area (Å²) in [6.07, 6.45) is 0. The van der Waals surface area contributed by atoms with E-state index < -0.39 is 15.1 Å². The minimum absolute atomic E-state index is 0.206. The Morgan fingerprint density at radius 1 is 0.793 bits per heavy atom.